The van der Waals surface area contributed by atoms with Crippen LogP contribution < -0.4 is 10.6 Å². The predicted octanol–water partition coefficient (Wildman–Crippen LogP) is 1.14. The number of hydrogen-bond acceptors (Lipinski definition) is 7. The van der Waals surface area contributed by atoms with Crippen molar-refractivity contribution in [1.29, 1.82) is 0 Å². The van der Waals surface area contributed by atoms with Crippen molar-refractivity contribution in [2.24, 2.45) is 7.05 Å². The van der Waals surface area contributed by atoms with Gasteiger partial charge in [0.2, 0.25) is 5.91 Å². The molecule has 4 heterocycles. The molecule has 1 amide bonds. The smallest absolute Gasteiger partial charge is 0.224 e. The Morgan fingerprint density at radius 3 is 2.90 bits per heavy atom. The zero-order valence-electron chi connectivity index (χ0n) is 16.7. The van der Waals surface area contributed by atoms with Gasteiger partial charge >= 0.3 is 0 Å². The topological polar surface area (TPSA) is 117 Å². The van der Waals surface area contributed by atoms with Crippen molar-refractivity contribution in [2.75, 3.05) is 38.0 Å². The van der Waals surface area contributed by atoms with Gasteiger partial charge in [-0.2, -0.15) is 10.2 Å². The van der Waals surface area contributed by atoms with Crippen LogP contribution in [0.25, 0.3) is 33.3 Å². The summed E-state index contributed by atoms with van der Waals surface area (Å²) in [4.78, 5) is 23.9. The lowest BCUT2D eigenvalue weighted by molar-refractivity contribution is -0.131. The highest BCUT2D eigenvalue weighted by molar-refractivity contribution is 5.95. The van der Waals surface area contributed by atoms with Crippen LogP contribution in [-0.2, 0) is 11.8 Å². The first-order valence-electron chi connectivity index (χ1n) is 10.1. The molecule has 0 unspecified atom stereocenters. The normalized spacial score (nSPS) is 14.5. The van der Waals surface area contributed by atoms with Gasteiger partial charge in [-0.05, 0) is 6.07 Å². The molecule has 0 bridgehead atoms. The second-order valence-electron chi connectivity index (χ2n) is 7.35. The van der Waals surface area contributed by atoms with Crippen LogP contribution in [0.5, 0.6) is 0 Å². The van der Waals surface area contributed by atoms with Crippen LogP contribution in [0, 0.1) is 0 Å². The Kier molecular flexibility index (Phi) is 4.75. The lowest BCUT2D eigenvalue weighted by Crippen LogP contribution is -2.46. The maximum Gasteiger partial charge on any atom is 0.224 e. The Hall–Kier alpha value is -3.53. The zero-order valence-corrected chi connectivity index (χ0v) is 16.7. The summed E-state index contributed by atoms with van der Waals surface area (Å²) in [5.41, 5.74) is 2.55. The molecule has 0 atom stereocenters. The van der Waals surface area contributed by atoms with Crippen molar-refractivity contribution < 1.29 is 4.79 Å². The third-order valence-electron chi connectivity index (χ3n) is 5.42. The van der Waals surface area contributed by atoms with Gasteiger partial charge in [0.1, 0.15) is 5.82 Å². The summed E-state index contributed by atoms with van der Waals surface area (Å²) in [6, 6.07) is 5.90. The molecule has 10 heteroatoms. The number of H-pyrrole nitrogens is 1. The molecular weight excluding hydrogens is 382 g/mol. The molecular formula is C20H23N9O. The van der Waals surface area contributed by atoms with Gasteiger partial charge in [-0.15, -0.1) is 0 Å². The van der Waals surface area contributed by atoms with E-state index in [1.54, 1.807) is 17.1 Å². The number of hydrogen-bond donors (Lipinski definition) is 3. The number of nitrogens with zero attached hydrogens (tertiary/aromatic N) is 6. The molecule has 0 aliphatic carbocycles. The van der Waals surface area contributed by atoms with Crippen molar-refractivity contribution in [2.45, 2.75) is 6.42 Å². The molecule has 30 heavy (non-hydrogen) atoms. The summed E-state index contributed by atoms with van der Waals surface area (Å²) < 4.78 is 1.73. The van der Waals surface area contributed by atoms with Crippen LogP contribution in [0.1, 0.15) is 6.42 Å². The summed E-state index contributed by atoms with van der Waals surface area (Å²) in [6.07, 6.45) is 3.94. The number of nitrogens with one attached hydrogen (secondary N) is 3. The Balaban J connectivity index is 1.43. The van der Waals surface area contributed by atoms with Crippen molar-refractivity contribution in [1.82, 2.24) is 40.2 Å². The molecule has 1 saturated heterocycles. The molecule has 154 valence electrons. The van der Waals surface area contributed by atoms with Crippen molar-refractivity contribution in [3.05, 3.63) is 30.6 Å². The van der Waals surface area contributed by atoms with Gasteiger partial charge in [0.15, 0.2) is 11.5 Å². The SMILES string of the molecule is Cn1ncc2c(NCCC(=O)N3CCNCC3)nc(-c3cccc4[nH]ncc34)nc21. The highest BCUT2D eigenvalue weighted by Crippen LogP contribution is 2.29. The van der Waals surface area contributed by atoms with Gasteiger partial charge in [0.05, 0.1) is 23.3 Å². The highest BCUT2D eigenvalue weighted by atomic mass is 16.2. The molecule has 1 fully saturated rings. The van der Waals surface area contributed by atoms with E-state index < -0.39 is 0 Å². The number of aromatic amines is 1. The minimum atomic E-state index is 0.156. The predicted molar refractivity (Wildman–Crippen MR) is 114 cm³/mol. The van der Waals surface area contributed by atoms with E-state index in [1.165, 1.54) is 0 Å². The Morgan fingerprint density at radius 1 is 1.17 bits per heavy atom. The van der Waals surface area contributed by atoms with Crippen LogP contribution in [0.2, 0.25) is 0 Å². The fourth-order valence-electron chi connectivity index (χ4n) is 3.80. The molecule has 3 aromatic heterocycles. The van der Waals surface area contributed by atoms with Gasteiger partial charge in [-0.3, -0.25) is 14.6 Å². The fourth-order valence-corrected chi connectivity index (χ4v) is 3.80. The number of fused-ring (bicyclic) bond motifs is 2. The second kappa shape index (κ2) is 7.71. The zero-order chi connectivity index (χ0) is 20.5. The first-order chi connectivity index (χ1) is 14.7. The summed E-state index contributed by atoms with van der Waals surface area (Å²) in [7, 11) is 1.86. The number of aromatic nitrogens is 6. The lowest BCUT2D eigenvalue weighted by atomic mass is 10.1. The van der Waals surface area contributed by atoms with Crippen molar-refractivity contribution in [3.8, 4) is 11.4 Å². The van der Waals surface area contributed by atoms with E-state index >= 15 is 0 Å². The van der Waals surface area contributed by atoms with Crippen LogP contribution in [0.15, 0.2) is 30.6 Å². The van der Waals surface area contributed by atoms with Gasteiger partial charge in [-0.1, -0.05) is 12.1 Å². The summed E-state index contributed by atoms with van der Waals surface area (Å²) in [5.74, 6) is 1.43. The number of anilines is 1. The molecule has 1 aromatic carbocycles. The van der Waals surface area contributed by atoms with Gasteiger partial charge in [0, 0.05) is 57.1 Å². The summed E-state index contributed by atoms with van der Waals surface area (Å²) in [5, 5.41) is 19.8. The minimum absolute atomic E-state index is 0.156. The summed E-state index contributed by atoms with van der Waals surface area (Å²) >= 11 is 0. The number of amides is 1. The first kappa shape index (κ1) is 18.5. The van der Waals surface area contributed by atoms with E-state index in [9.17, 15) is 4.79 Å². The van der Waals surface area contributed by atoms with Crippen molar-refractivity contribution >= 4 is 33.7 Å². The number of piperazine rings is 1. The molecule has 1 aliphatic heterocycles. The third-order valence-corrected chi connectivity index (χ3v) is 5.42. The standard InChI is InChI=1S/C20H23N9O/c1-28-20-15(12-24-28)18(22-6-5-17(30)29-9-7-21-8-10-29)25-19(26-20)13-3-2-4-16-14(13)11-23-27-16/h2-4,11-12,21H,5-10H2,1H3,(H,23,27)(H,22,25,26). The Labute approximate surface area is 172 Å². The first-order valence-corrected chi connectivity index (χ1v) is 10.1. The van der Waals surface area contributed by atoms with Gasteiger partial charge < -0.3 is 15.5 Å². The van der Waals surface area contributed by atoms with E-state index in [-0.39, 0.29) is 5.91 Å². The minimum Gasteiger partial charge on any atom is -0.369 e. The number of carbonyl (C=O) groups excluding carboxylic acids is 1. The number of rotatable bonds is 5. The maximum absolute atomic E-state index is 12.5. The number of aryl methyl sites for hydroxylation is 1. The summed E-state index contributed by atoms with van der Waals surface area (Å²) in [6.45, 7) is 3.73. The molecule has 4 aromatic rings. The monoisotopic (exact) mass is 405 g/mol. The molecule has 10 nitrogen and oxygen atoms in total. The molecule has 3 N–H and O–H groups in total. The van der Waals surface area contributed by atoms with E-state index in [2.05, 4.69) is 25.9 Å². The van der Waals surface area contributed by atoms with E-state index in [0.29, 0.717) is 24.6 Å². The average Bonchev–Trinajstić information content (AvgIpc) is 3.41. The van der Waals surface area contributed by atoms with Gasteiger partial charge in [-0.25, -0.2) is 9.97 Å². The number of benzene rings is 1. The van der Waals surface area contributed by atoms with E-state index in [4.69, 9.17) is 9.97 Å². The Bertz CT molecular complexity index is 1210. The van der Waals surface area contributed by atoms with Gasteiger partial charge in [0.25, 0.3) is 0 Å². The van der Waals surface area contributed by atoms with E-state index in [1.807, 2.05) is 30.1 Å². The van der Waals surface area contributed by atoms with Crippen LogP contribution in [-0.4, -0.2) is 73.5 Å². The van der Waals surface area contributed by atoms with Crippen LogP contribution in [0.3, 0.4) is 0 Å². The second-order valence-corrected chi connectivity index (χ2v) is 7.35. The molecule has 0 saturated carbocycles. The molecule has 1 aliphatic rings. The Morgan fingerprint density at radius 2 is 2.03 bits per heavy atom. The third kappa shape index (κ3) is 3.35. The molecule has 5 rings (SSSR count). The largest absolute Gasteiger partial charge is 0.369 e. The maximum atomic E-state index is 12.5. The van der Waals surface area contributed by atoms with Crippen LogP contribution in [0.4, 0.5) is 5.82 Å². The highest BCUT2D eigenvalue weighted by Gasteiger charge is 2.17. The fraction of sp³-hybridized carbons (Fsp3) is 0.350. The van der Waals surface area contributed by atoms with Crippen LogP contribution >= 0.6 is 0 Å². The molecule has 0 spiro atoms. The lowest BCUT2D eigenvalue weighted by Gasteiger charge is -2.27. The van der Waals surface area contributed by atoms with E-state index in [0.717, 1.165) is 53.7 Å². The quantitative estimate of drug-likeness (QED) is 0.456. The number of carbonyl (C=O) groups is 1. The average molecular weight is 405 g/mol. The molecule has 0 radical (unpaired) electrons. The van der Waals surface area contributed by atoms with Crippen molar-refractivity contribution in [3.63, 3.8) is 0 Å².